The Kier molecular flexibility index (Phi) is 3.70. The van der Waals surface area contributed by atoms with Crippen LogP contribution in [0.15, 0.2) is 33.6 Å². The van der Waals surface area contributed by atoms with Crippen LogP contribution in [0.3, 0.4) is 0 Å². The van der Waals surface area contributed by atoms with Crippen molar-refractivity contribution in [3.05, 3.63) is 40.4 Å². The fraction of sp³-hybridized carbons (Fsp3) is 0.308. The molecule has 0 aliphatic heterocycles. The molecule has 0 amide bonds. The largest absolute Gasteiger partial charge is 0.368 e. The van der Waals surface area contributed by atoms with Crippen LogP contribution in [-0.2, 0) is 5.75 Å². The zero-order valence-electron chi connectivity index (χ0n) is 10.2. The summed E-state index contributed by atoms with van der Waals surface area (Å²) in [7, 11) is 0. The minimum absolute atomic E-state index is 0.335. The number of anilines is 1. The van der Waals surface area contributed by atoms with Crippen molar-refractivity contribution in [2.45, 2.75) is 29.4 Å². The van der Waals surface area contributed by atoms with Gasteiger partial charge in [0.1, 0.15) is 11.6 Å². The topological polar surface area (TPSA) is 64.7 Å². The molecule has 0 unspecified atom stereocenters. The number of nitrogens with zero attached hydrogens (tertiary/aromatic N) is 3. The van der Waals surface area contributed by atoms with E-state index >= 15 is 0 Å². The predicted molar refractivity (Wildman–Crippen MR) is 79.9 cm³/mol. The van der Waals surface area contributed by atoms with Gasteiger partial charge in [0.25, 0.3) is 0 Å². The molecule has 1 fully saturated rings. The van der Waals surface area contributed by atoms with Gasteiger partial charge >= 0.3 is 0 Å². The van der Waals surface area contributed by atoms with Crippen molar-refractivity contribution in [2.24, 2.45) is 0 Å². The van der Waals surface area contributed by atoms with E-state index in [1.54, 1.807) is 11.8 Å². The molecule has 6 heteroatoms. The number of thioether (sulfide) groups is 1. The average Bonchev–Trinajstić information content (AvgIpc) is 3.20. The van der Waals surface area contributed by atoms with Gasteiger partial charge < -0.3 is 5.73 Å². The van der Waals surface area contributed by atoms with Gasteiger partial charge in [-0.15, -0.1) is 11.8 Å². The second-order valence-corrected chi connectivity index (χ2v) is 6.45. The Morgan fingerprint density at radius 1 is 1.26 bits per heavy atom. The van der Waals surface area contributed by atoms with Gasteiger partial charge in [-0.2, -0.15) is 9.97 Å². The van der Waals surface area contributed by atoms with Crippen molar-refractivity contribution in [3.63, 3.8) is 0 Å². The van der Waals surface area contributed by atoms with E-state index < -0.39 is 0 Å². The summed E-state index contributed by atoms with van der Waals surface area (Å²) in [5, 5.41) is 0. The van der Waals surface area contributed by atoms with Gasteiger partial charge in [-0.25, -0.2) is 4.98 Å². The van der Waals surface area contributed by atoms with Crippen molar-refractivity contribution in [3.8, 4) is 0 Å². The Hall–Kier alpha value is -1.14. The molecule has 1 aromatic heterocycles. The number of rotatable bonds is 4. The highest BCUT2D eigenvalue weighted by Crippen LogP contribution is 2.38. The van der Waals surface area contributed by atoms with Gasteiger partial charge in [0.2, 0.25) is 5.95 Å². The zero-order valence-corrected chi connectivity index (χ0v) is 12.6. The highest BCUT2D eigenvalue weighted by molar-refractivity contribution is 9.10. The lowest BCUT2D eigenvalue weighted by molar-refractivity contribution is 0.858. The smallest absolute Gasteiger partial charge is 0.223 e. The summed E-state index contributed by atoms with van der Waals surface area (Å²) in [6.45, 7) is 0. The molecule has 3 rings (SSSR count). The maximum Gasteiger partial charge on any atom is 0.223 e. The molecule has 2 aromatic rings. The van der Waals surface area contributed by atoms with Crippen molar-refractivity contribution in [1.29, 1.82) is 0 Å². The van der Waals surface area contributed by atoms with Gasteiger partial charge in [0.05, 0.1) is 5.75 Å². The number of halogens is 1. The molecule has 1 saturated carbocycles. The molecule has 0 saturated heterocycles. The highest BCUT2D eigenvalue weighted by atomic mass is 79.9. The SMILES string of the molecule is Nc1nc(CSc2cccc(Br)c2)nc(C2CC2)n1. The standard InChI is InChI=1S/C13H13BrN4S/c14-9-2-1-3-10(6-9)19-7-11-16-12(8-4-5-8)18-13(15)17-11/h1-3,6,8H,4-5,7H2,(H2,15,16,17,18). The third kappa shape index (κ3) is 3.45. The van der Waals surface area contributed by atoms with Crippen LogP contribution in [-0.4, -0.2) is 15.0 Å². The van der Waals surface area contributed by atoms with Crippen LogP contribution in [0.4, 0.5) is 5.95 Å². The molecule has 2 N–H and O–H groups in total. The van der Waals surface area contributed by atoms with Crippen molar-refractivity contribution in [2.75, 3.05) is 5.73 Å². The summed E-state index contributed by atoms with van der Waals surface area (Å²) in [6.07, 6.45) is 2.34. The Bertz CT molecular complexity index is 601. The van der Waals surface area contributed by atoms with Crippen LogP contribution < -0.4 is 5.73 Å². The fourth-order valence-electron chi connectivity index (χ4n) is 1.75. The molecule has 0 radical (unpaired) electrons. The minimum atomic E-state index is 0.335. The molecule has 4 nitrogen and oxygen atoms in total. The zero-order chi connectivity index (χ0) is 13.2. The summed E-state index contributed by atoms with van der Waals surface area (Å²) < 4.78 is 1.08. The van der Waals surface area contributed by atoms with E-state index in [-0.39, 0.29) is 0 Å². The minimum Gasteiger partial charge on any atom is -0.368 e. The molecule has 1 heterocycles. The van der Waals surface area contributed by atoms with E-state index in [1.807, 2.05) is 12.1 Å². The first-order valence-electron chi connectivity index (χ1n) is 6.09. The molecule has 0 spiro atoms. The van der Waals surface area contributed by atoms with E-state index in [0.29, 0.717) is 17.6 Å². The van der Waals surface area contributed by atoms with E-state index in [4.69, 9.17) is 5.73 Å². The van der Waals surface area contributed by atoms with Crippen LogP contribution in [0.1, 0.15) is 30.4 Å². The Balaban J connectivity index is 1.72. The van der Waals surface area contributed by atoms with Gasteiger partial charge in [-0.05, 0) is 31.0 Å². The second-order valence-electron chi connectivity index (χ2n) is 4.49. The maximum atomic E-state index is 5.74. The molecule has 1 aliphatic rings. The number of hydrogen-bond acceptors (Lipinski definition) is 5. The number of aromatic nitrogens is 3. The lowest BCUT2D eigenvalue weighted by atomic mass is 10.4. The first kappa shape index (κ1) is 12.9. The number of nitrogen functional groups attached to an aromatic ring is 1. The summed E-state index contributed by atoms with van der Waals surface area (Å²) in [5.41, 5.74) is 5.74. The molecule has 19 heavy (non-hydrogen) atoms. The van der Waals surface area contributed by atoms with Gasteiger partial charge in [0.15, 0.2) is 0 Å². The van der Waals surface area contributed by atoms with Crippen LogP contribution in [0.2, 0.25) is 0 Å². The van der Waals surface area contributed by atoms with E-state index in [1.165, 1.54) is 17.7 Å². The van der Waals surface area contributed by atoms with Crippen LogP contribution in [0, 0.1) is 0 Å². The Morgan fingerprint density at radius 2 is 2.11 bits per heavy atom. The molecule has 1 aliphatic carbocycles. The number of benzene rings is 1. The average molecular weight is 337 g/mol. The van der Waals surface area contributed by atoms with E-state index in [0.717, 1.165) is 16.1 Å². The fourth-order valence-corrected chi connectivity index (χ4v) is 3.11. The first-order chi connectivity index (χ1) is 9.20. The maximum absolute atomic E-state index is 5.74. The number of nitrogens with two attached hydrogens (primary N) is 1. The summed E-state index contributed by atoms with van der Waals surface area (Å²) in [6, 6.07) is 8.18. The van der Waals surface area contributed by atoms with Crippen LogP contribution in [0.25, 0.3) is 0 Å². The third-order valence-corrected chi connectivity index (χ3v) is 4.31. The molecule has 0 bridgehead atoms. The van der Waals surface area contributed by atoms with E-state index in [9.17, 15) is 0 Å². The Labute approximate surface area is 124 Å². The number of hydrogen-bond donors (Lipinski definition) is 1. The Morgan fingerprint density at radius 3 is 2.84 bits per heavy atom. The molecular weight excluding hydrogens is 324 g/mol. The monoisotopic (exact) mass is 336 g/mol. The van der Waals surface area contributed by atoms with Gasteiger partial charge in [-0.3, -0.25) is 0 Å². The highest BCUT2D eigenvalue weighted by Gasteiger charge is 2.27. The van der Waals surface area contributed by atoms with Crippen LogP contribution >= 0.6 is 27.7 Å². The summed E-state index contributed by atoms with van der Waals surface area (Å²) in [4.78, 5) is 14.1. The molecular formula is C13H13BrN4S. The van der Waals surface area contributed by atoms with Crippen molar-refractivity contribution in [1.82, 2.24) is 15.0 Å². The molecule has 1 aromatic carbocycles. The van der Waals surface area contributed by atoms with E-state index in [2.05, 4.69) is 43.0 Å². The normalized spacial score (nSPS) is 14.6. The third-order valence-electron chi connectivity index (χ3n) is 2.82. The van der Waals surface area contributed by atoms with Crippen molar-refractivity contribution < 1.29 is 0 Å². The lowest BCUT2D eigenvalue weighted by Gasteiger charge is -2.04. The molecule has 98 valence electrons. The second kappa shape index (κ2) is 5.46. The van der Waals surface area contributed by atoms with Crippen molar-refractivity contribution >= 4 is 33.6 Å². The molecule has 0 atom stereocenters. The lowest BCUT2D eigenvalue weighted by Crippen LogP contribution is -2.05. The van der Waals surface area contributed by atoms with Crippen LogP contribution in [0.5, 0.6) is 0 Å². The summed E-state index contributed by atoms with van der Waals surface area (Å²) >= 11 is 5.16. The first-order valence-corrected chi connectivity index (χ1v) is 7.87. The van der Waals surface area contributed by atoms with Gasteiger partial charge in [0, 0.05) is 15.3 Å². The van der Waals surface area contributed by atoms with Gasteiger partial charge in [-0.1, -0.05) is 22.0 Å². The predicted octanol–water partition coefficient (Wildman–Crippen LogP) is 3.39. The quantitative estimate of drug-likeness (QED) is 0.867. The summed E-state index contributed by atoms with van der Waals surface area (Å²) in [5.74, 6) is 3.17.